The van der Waals surface area contributed by atoms with Gasteiger partial charge in [-0.25, -0.2) is 4.79 Å². The highest BCUT2D eigenvalue weighted by Gasteiger charge is 2.18. The van der Waals surface area contributed by atoms with Crippen LogP contribution in [0, 0.1) is 0 Å². The third kappa shape index (κ3) is 3.03. The van der Waals surface area contributed by atoms with Crippen LogP contribution in [-0.4, -0.2) is 18.1 Å². The van der Waals surface area contributed by atoms with E-state index in [1.165, 1.54) is 6.07 Å². The Morgan fingerprint density at radius 2 is 1.95 bits per heavy atom. The fourth-order valence-electron chi connectivity index (χ4n) is 2.11. The van der Waals surface area contributed by atoms with Gasteiger partial charge < -0.3 is 15.7 Å². The number of benzene rings is 2. The summed E-state index contributed by atoms with van der Waals surface area (Å²) in [5.74, 6) is -1.05. The van der Waals surface area contributed by atoms with Gasteiger partial charge in [0.15, 0.2) is 0 Å². The number of anilines is 2. The van der Waals surface area contributed by atoms with Crippen LogP contribution >= 0.6 is 11.6 Å². The number of rotatable bonds is 4. The number of carboxylic acids is 1. The number of halogens is 1. The first-order valence-electron chi connectivity index (χ1n) is 6.06. The Kier molecular flexibility index (Phi) is 4.15. The van der Waals surface area contributed by atoms with E-state index in [0.29, 0.717) is 22.9 Å². The fraction of sp³-hybridized carbons (Fsp3) is 0.133. The van der Waals surface area contributed by atoms with E-state index in [-0.39, 0.29) is 5.56 Å². The standard InChI is InChI=1S/C15H15ClN2O2/c1-18(9-10-5-3-2-4-6-10)14-12(15(19)20)7-11(17)8-13(14)16/h2-8H,9,17H2,1H3,(H,19,20). The van der Waals surface area contributed by atoms with Crippen molar-refractivity contribution in [1.29, 1.82) is 0 Å². The molecule has 0 aliphatic rings. The van der Waals surface area contributed by atoms with Gasteiger partial charge in [0.1, 0.15) is 0 Å². The SMILES string of the molecule is CN(Cc1ccccc1)c1c(Cl)cc(N)cc1C(=O)O. The minimum Gasteiger partial charge on any atom is -0.478 e. The zero-order valence-corrected chi connectivity index (χ0v) is 11.8. The zero-order valence-electron chi connectivity index (χ0n) is 11.0. The van der Waals surface area contributed by atoms with Crippen LogP contribution in [-0.2, 0) is 6.54 Å². The average molecular weight is 291 g/mol. The number of hydrogen-bond donors (Lipinski definition) is 2. The summed E-state index contributed by atoms with van der Waals surface area (Å²) < 4.78 is 0. The van der Waals surface area contributed by atoms with Gasteiger partial charge in [-0.05, 0) is 17.7 Å². The number of nitrogens with two attached hydrogens (primary N) is 1. The average Bonchev–Trinajstić information content (AvgIpc) is 2.38. The van der Waals surface area contributed by atoms with Crippen LogP contribution in [0.25, 0.3) is 0 Å². The van der Waals surface area contributed by atoms with Gasteiger partial charge in [-0.3, -0.25) is 0 Å². The predicted molar refractivity (Wildman–Crippen MR) is 81.4 cm³/mol. The van der Waals surface area contributed by atoms with Crippen molar-refractivity contribution in [2.24, 2.45) is 0 Å². The lowest BCUT2D eigenvalue weighted by molar-refractivity contribution is 0.0697. The van der Waals surface area contributed by atoms with Crippen LogP contribution in [0.4, 0.5) is 11.4 Å². The summed E-state index contributed by atoms with van der Waals surface area (Å²) >= 11 is 6.15. The Morgan fingerprint density at radius 1 is 1.30 bits per heavy atom. The third-order valence-corrected chi connectivity index (χ3v) is 3.25. The van der Waals surface area contributed by atoms with Crippen LogP contribution in [0.2, 0.25) is 5.02 Å². The van der Waals surface area contributed by atoms with E-state index in [1.807, 2.05) is 30.3 Å². The summed E-state index contributed by atoms with van der Waals surface area (Å²) in [5.41, 5.74) is 7.63. The quantitative estimate of drug-likeness (QED) is 0.848. The second-order valence-corrected chi connectivity index (χ2v) is 4.95. The molecule has 0 amide bonds. The molecule has 2 aromatic rings. The summed E-state index contributed by atoms with van der Waals surface area (Å²) in [6.45, 7) is 0.560. The molecule has 0 aromatic heterocycles. The van der Waals surface area contributed by atoms with Crippen molar-refractivity contribution in [2.45, 2.75) is 6.54 Å². The highest BCUT2D eigenvalue weighted by atomic mass is 35.5. The van der Waals surface area contributed by atoms with Crippen LogP contribution in [0.1, 0.15) is 15.9 Å². The molecule has 5 heteroatoms. The summed E-state index contributed by atoms with van der Waals surface area (Å²) in [5, 5.41) is 9.62. The van der Waals surface area contributed by atoms with Crippen molar-refractivity contribution in [3.63, 3.8) is 0 Å². The Labute approximate surface area is 122 Å². The van der Waals surface area contributed by atoms with E-state index >= 15 is 0 Å². The van der Waals surface area contributed by atoms with Crippen molar-refractivity contribution in [2.75, 3.05) is 17.7 Å². The zero-order chi connectivity index (χ0) is 14.7. The minimum absolute atomic E-state index is 0.105. The van der Waals surface area contributed by atoms with Gasteiger partial charge in [-0.1, -0.05) is 41.9 Å². The van der Waals surface area contributed by atoms with E-state index in [2.05, 4.69) is 0 Å². The normalized spacial score (nSPS) is 10.3. The summed E-state index contributed by atoms with van der Waals surface area (Å²) in [6.07, 6.45) is 0. The number of carboxylic acid groups (broad SMARTS) is 1. The van der Waals surface area contributed by atoms with Crippen molar-refractivity contribution in [1.82, 2.24) is 0 Å². The third-order valence-electron chi connectivity index (χ3n) is 2.96. The molecule has 0 bridgehead atoms. The topological polar surface area (TPSA) is 66.6 Å². The largest absolute Gasteiger partial charge is 0.478 e. The van der Waals surface area contributed by atoms with Crippen molar-refractivity contribution in [3.05, 3.63) is 58.6 Å². The Hall–Kier alpha value is -2.20. The molecule has 0 heterocycles. The molecule has 0 aliphatic carbocycles. The molecule has 0 aliphatic heterocycles. The van der Waals surface area contributed by atoms with E-state index in [1.54, 1.807) is 18.0 Å². The number of hydrogen-bond acceptors (Lipinski definition) is 3. The molecule has 0 saturated carbocycles. The highest BCUT2D eigenvalue weighted by Crippen LogP contribution is 2.32. The number of nitrogen functional groups attached to an aromatic ring is 1. The molecule has 104 valence electrons. The maximum atomic E-state index is 11.3. The van der Waals surface area contributed by atoms with E-state index < -0.39 is 5.97 Å². The maximum Gasteiger partial charge on any atom is 0.337 e. The van der Waals surface area contributed by atoms with Gasteiger partial charge >= 0.3 is 5.97 Å². The predicted octanol–water partition coefficient (Wildman–Crippen LogP) is 3.26. The van der Waals surface area contributed by atoms with Crippen LogP contribution in [0.3, 0.4) is 0 Å². The summed E-state index contributed by atoms with van der Waals surface area (Å²) in [7, 11) is 1.80. The van der Waals surface area contributed by atoms with Gasteiger partial charge in [-0.15, -0.1) is 0 Å². The lowest BCUT2D eigenvalue weighted by Crippen LogP contribution is -2.20. The van der Waals surface area contributed by atoms with Gasteiger partial charge in [0.05, 0.1) is 16.3 Å². The van der Waals surface area contributed by atoms with E-state index in [9.17, 15) is 9.90 Å². The molecule has 2 aromatic carbocycles. The second kappa shape index (κ2) is 5.84. The number of aromatic carboxylic acids is 1. The monoisotopic (exact) mass is 290 g/mol. The van der Waals surface area contributed by atoms with Gasteiger partial charge in [0, 0.05) is 19.3 Å². The Balaban J connectivity index is 2.39. The van der Waals surface area contributed by atoms with E-state index in [4.69, 9.17) is 17.3 Å². The molecule has 3 N–H and O–H groups in total. The molecule has 0 fully saturated rings. The van der Waals surface area contributed by atoms with Crippen molar-refractivity contribution >= 4 is 28.9 Å². The van der Waals surface area contributed by atoms with Crippen LogP contribution < -0.4 is 10.6 Å². The van der Waals surface area contributed by atoms with Gasteiger partial charge in [0.25, 0.3) is 0 Å². The first-order valence-corrected chi connectivity index (χ1v) is 6.44. The summed E-state index contributed by atoms with van der Waals surface area (Å²) in [4.78, 5) is 13.1. The molecule has 0 unspecified atom stereocenters. The molecule has 2 rings (SSSR count). The fourth-order valence-corrected chi connectivity index (χ4v) is 2.48. The lowest BCUT2D eigenvalue weighted by Gasteiger charge is -2.23. The first kappa shape index (κ1) is 14.2. The summed E-state index contributed by atoms with van der Waals surface area (Å²) in [6, 6.07) is 12.7. The van der Waals surface area contributed by atoms with Crippen molar-refractivity contribution < 1.29 is 9.90 Å². The van der Waals surface area contributed by atoms with Crippen LogP contribution in [0.15, 0.2) is 42.5 Å². The van der Waals surface area contributed by atoms with Crippen molar-refractivity contribution in [3.8, 4) is 0 Å². The highest BCUT2D eigenvalue weighted by molar-refractivity contribution is 6.34. The smallest absolute Gasteiger partial charge is 0.337 e. The second-order valence-electron chi connectivity index (χ2n) is 4.55. The number of carbonyl (C=O) groups is 1. The molecular formula is C15H15ClN2O2. The molecule has 4 nitrogen and oxygen atoms in total. The molecule has 20 heavy (non-hydrogen) atoms. The number of nitrogens with zero attached hydrogens (tertiary/aromatic N) is 1. The first-order chi connectivity index (χ1) is 9.49. The molecule has 0 radical (unpaired) electrons. The molecule has 0 atom stereocenters. The molecular weight excluding hydrogens is 276 g/mol. The Bertz CT molecular complexity index is 629. The minimum atomic E-state index is -1.05. The lowest BCUT2D eigenvalue weighted by atomic mass is 10.1. The molecule has 0 saturated heterocycles. The van der Waals surface area contributed by atoms with Gasteiger partial charge in [-0.2, -0.15) is 0 Å². The Morgan fingerprint density at radius 3 is 2.55 bits per heavy atom. The van der Waals surface area contributed by atoms with Gasteiger partial charge in [0.2, 0.25) is 0 Å². The van der Waals surface area contributed by atoms with Crippen LogP contribution in [0.5, 0.6) is 0 Å². The maximum absolute atomic E-state index is 11.3. The van der Waals surface area contributed by atoms with E-state index in [0.717, 1.165) is 5.56 Å². The molecule has 0 spiro atoms.